The summed E-state index contributed by atoms with van der Waals surface area (Å²) in [6, 6.07) is 2.03. The van der Waals surface area contributed by atoms with Gasteiger partial charge in [0.15, 0.2) is 17.5 Å². The predicted molar refractivity (Wildman–Crippen MR) is 70.7 cm³/mol. The number of hydrogen-bond donors (Lipinski definition) is 2. The predicted octanol–water partition coefficient (Wildman–Crippen LogP) is 0.476. The molecule has 20 heavy (non-hydrogen) atoms. The minimum absolute atomic E-state index is 0.0108. The zero-order valence-corrected chi connectivity index (χ0v) is 11.0. The Morgan fingerprint density at radius 3 is 2.95 bits per heavy atom. The number of aliphatic carboxylic acids is 1. The average molecular weight is 280 g/mol. The van der Waals surface area contributed by atoms with Crippen molar-refractivity contribution in [3.63, 3.8) is 0 Å². The van der Waals surface area contributed by atoms with Gasteiger partial charge in [-0.2, -0.15) is 0 Å². The molecule has 0 aliphatic carbocycles. The van der Waals surface area contributed by atoms with E-state index in [1.165, 1.54) is 19.4 Å². The number of nitrogens with zero attached hydrogens (tertiary/aromatic N) is 1. The van der Waals surface area contributed by atoms with E-state index in [0.29, 0.717) is 0 Å². The van der Waals surface area contributed by atoms with Crippen molar-refractivity contribution in [2.75, 3.05) is 20.3 Å². The number of aromatic nitrogens is 1. The first-order valence-electron chi connectivity index (χ1n) is 5.81. The number of carboxylic acids is 1. The lowest BCUT2D eigenvalue weighted by molar-refractivity contribution is -0.140. The lowest BCUT2D eigenvalue weighted by Gasteiger charge is -2.14. The van der Waals surface area contributed by atoms with Gasteiger partial charge in [0.2, 0.25) is 0 Å². The SMILES string of the molecule is C=CCOc1cccnc1C(=O)NC(COC)C(=O)O. The second-order valence-corrected chi connectivity index (χ2v) is 3.77. The zero-order valence-electron chi connectivity index (χ0n) is 11.0. The highest BCUT2D eigenvalue weighted by Gasteiger charge is 2.23. The second kappa shape index (κ2) is 7.90. The number of pyridine rings is 1. The maximum absolute atomic E-state index is 12.0. The zero-order chi connectivity index (χ0) is 15.0. The molecule has 1 rings (SSSR count). The van der Waals surface area contributed by atoms with E-state index < -0.39 is 17.9 Å². The summed E-state index contributed by atoms with van der Waals surface area (Å²) in [6.45, 7) is 3.58. The van der Waals surface area contributed by atoms with Gasteiger partial charge in [0.25, 0.3) is 5.91 Å². The van der Waals surface area contributed by atoms with Crippen LogP contribution in [-0.4, -0.2) is 48.3 Å². The first-order valence-corrected chi connectivity index (χ1v) is 5.81. The van der Waals surface area contributed by atoms with Crippen LogP contribution in [0.4, 0.5) is 0 Å². The molecule has 1 heterocycles. The summed E-state index contributed by atoms with van der Waals surface area (Å²) in [6.07, 6.45) is 2.95. The maximum atomic E-state index is 12.0. The molecule has 1 atom stereocenters. The number of carbonyl (C=O) groups is 2. The minimum atomic E-state index is -1.19. The lowest BCUT2D eigenvalue weighted by Crippen LogP contribution is -2.44. The summed E-state index contributed by atoms with van der Waals surface area (Å²) >= 11 is 0. The van der Waals surface area contributed by atoms with Gasteiger partial charge in [-0.25, -0.2) is 9.78 Å². The third-order valence-electron chi connectivity index (χ3n) is 2.28. The van der Waals surface area contributed by atoms with Crippen LogP contribution in [0.25, 0.3) is 0 Å². The Kier molecular flexibility index (Phi) is 6.18. The van der Waals surface area contributed by atoms with Gasteiger partial charge in [0.1, 0.15) is 6.61 Å². The Balaban J connectivity index is 2.85. The van der Waals surface area contributed by atoms with Gasteiger partial charge >= 0.3 is 5.97 Å². The summed E-state index contributed by atoms with van der Waals surface area (Å²) in [5, 5.41) is 11.3. The van der Waals surface area contributed by atoms with Crippen molar-refractivity contribution in [2.45, 2.75) is 6.04 Å². The monoisotopic (exact) mass is 280 g/mol. The first-order chi connectivity index (χ1) is 9.60. The van der Waals surface area contributed by atoms with Crippen LogP contribution in [0, 0.1) is 0 Å². The Morgan fingerprint density at radius 1 is 1.60 bits per heavy atom. The Hall–Kier alpha value is -2.41. The van der Waals surface area contributed by atoms with Crippen molar-refractivity contribution < 1.29 is 24.2 Å². The molecule has 0 saturated carbocycles. The molecule has 0 aliphatic heterocycles. The number of rotatable bonds is 8. The molecule has 108 valence electrons. The van der Waals surface area contributed by atoms with Crippen molar-refractivity contribution in [3.8, 4) is 5.75 Å². The Labute approximate surface area is 116 Å². The topological polar surface area (TPSA) is 97.8 Å². The molecular weight excluding hydrogens is 264 g/mol. The standard InChI is InChI=1S/C13H16N2O5/c1-3-7-20-10-5-4-6-14-11(10)12(16)15-9(8-19-2)13(17)18/h3-6,9H,1,7-8H2,2H3,(H,15,16)(H,17,18). The normalized spacial score (nSPS) is 11.4. The number of amides is 1. The Morgan fingerprint density at radius 2 is 2.35 bits per heavy atom. The molecule has 7 heteroatoms. The molecule has 1 amide bonds. The van der Waals surface area contributed by atoms with E-state index in [0.717, 1.165) is 0 Å². The van der Waals surface area contributed by atoms with Crippen molar-refractivity contribution in [1.82, 2.24) is 10.3 Å². The van der Waals surface area contributed by atoms with Crippen LogP contribution in [0.2, 0.25) is 0 Å². The molecule has 0 aromatic carbocycles. The number of carbonyl (C=O) groups excluding carboxylic acids is 1. The Bertz CT molecular complexity index is 489. The third-order valence-corrected chi connectivity index (χ3v) is 2.28. The summed E-state index contributed by atoms with van der Waals surface area (Å²) < 4.78 is 10.0. The quantitative estimate of drug-likeness (QED) is 0.672. The molecule has 1 aromatic heterocycles. The van der Waals surface area contributed by atoms with E-state index in [9.17, 15) is 9.59 Å². The number of methoxy groups -OCH3 is 1. The van der Waals surface area contributed by atoms with Gasteiger partial charge < -0.3 is 19.9 Å². The molecule has 0 radical (unpaired) electrons. The fourth-order valence-corrected chi connectivity index (χ4v) is 1.39. The van der Waals surface area contributed by atoms with Crippen LogP contribution >= 0.6 is 0 Å². The van der Waals surface area contributed by atoms with E-state index in [1.54, 1.807) is 12.1 Å². The van der Waals surface area contributed by atoms with Crippen molar-refractivity contribution >= 4 is 11.9 Å². The number of hydrogen-bond acceptors (Lipinski definition) is 5. The fourth-order valence-electron chi connectivity index (χ4n) is 1.39. The summed E-state index contributed by atoms with van der Waals surface area (Å²) in [5.41, 5.74) is 0.0108. The van der Waals surface area contributed by atoms with Gasteiger partial charge in [-0.05, 0) is 12.1 Å². The number of nitrogens with one attached hydrogen (secondary N) is 1. The van der Waals surface area contributed by atoms with E-state index in [-0.39, 0.29) is 24.7 Å². The molecule has 7 nitrogen and oxygen atoms in total. The van der Waals surface area contributed by atoms with Gasteiger partial charge in [0, 0.05) is 13.3 Å². The molecule has 1 aromatic rings. The molecule has 0 saturated heterocycles. The van der Waals surface area contributed by atoms with Gasteiger partial charge in [-0.15, -0.1) is 0 Å². The van der Waals surface area contributed by atoms with E-state index in [4.69, 9.17) is 14.6 Å². The summed E-state index contributed by atoms with van der Waals surface area (Å²) in [7, 11) is 1.35. The molecule has 0 fully saturated rings. The second-order valence-electron chi connectivity index (χ2n) is 3.77. The maximum Gasteiger partial charge on any atom is 0.328 e. The van der Waals surface area contributed by atoms with Crippen molar-refractivity contribution in [2.24, 2.45) is 0 Å². The van der Waals surface area contributed by atoms with Crippen molar-refractivity contribution in [1.29, 1.82) is 0 Å². The van der Waals surface area contributed by atoms with Gasteiger partial charge in [-0.1, -0.05) is 12.7 Å². The van der Waals surface area contributed by atoms with Crippen molar-refractivity contribution in [3.05, 3.63) is 36.7 Å². The van der Waals surface area contributed by atoms with Crippen LogP contribution in [-0.2, 0) is 9.53 Å². The first kappa shape index (κ1) is 15.6. The molecule has 2 N–H and O–H groups in total. The number of ether oxygens (including phenoxy) is 2. The highest BCUT2D eigenvalue weighted by Crippen LogP contribution is 2.15. The molecule has 1 unspecified atom stereocenters. The largest absolute Gasteiger partial charge is 0.487 e. The fraction of sp³-hybridized carbons (Fsp3) is 0.308. The summed E-state index contributed by atoms with van der Waals surface area (Å²) in [4.78, 5) is 26.9. The van der Waals surface area contributed by atoms with E-state index >= 15 is 0 Å². The third kappa shape index (κ3) is 4.36. The smallest absolute Gasteiger partial charge is 0.328 e. The van der Waals surface area contributed by atoms with Crippen LogP contribution < -0.4 is 10.1 Å². The van der Waals surface area contributed by atoms with E-state index in [1.807, 2.05) is 0 Å². The molecule has 0 aliphatic rings. The molecular formula is C13H16N2O5. The minimum Gasteiger partial charge on any atom is -0.487 e. The van der Waals surface area contributed by atoms with Crippen LogP contribution in [0.15, 0.2) is 31.0 Å². The highest BCUT2D eigenvalue weighted by atomic mass is 16.5. The lowest BCUT2D eigenvalue weighted by atomic mass is 10.2. The van der Waals surface area contributed by atoms with Gasteiger partial charge in [0.05, 0.1) is 6.61 Å². The van der Waals surface area contributed by atoms with E-state index in [2.05, 4.69) is 16.9 Å². The highest BCUT2D eigenvalue weighted by molar-refractivity contribution is 5.97. The average Bonchev–Trinajstić information content (AvgIpc) is 2.44. The molecule has 0 bridgehead atoms. The van der Waals surface area contributed by atoms with Gasteiger partial charge in [-0.3, -0.25) is 4.79 Å². The van der Waals surface area contributed by atoms with Crippen LogP contribution in [0.5, 0.6) is 5.75 Å². The summed E-state index contributed by atoms with van der Waals surface area (Å²) in [5.74, 6) is -1.58. The molecule has 0 spiro atoms. The van der Waals surface area contributed by atoms with Crippen LogP contribution in [0.3, 0.4) is 0 Å². The van der Waals surface area contributed by atoms with Crippen LogP contribution in [0.1, 0.15) is 10.5 Å². The number of carboxylic acid groups (broad SMARTS) is 1.